The summed E-state index contributed by atoms with van der Waals surface area (Å²) in [4.78, 5) is 11.9. The third-order valence-corrected chi connectivity index (χ3v) is 3.36. The molecule has 1 aliphatic rings. The monoisotopic (exact) mass is 221 g/mol. The molecule has 0 spiro atoms. The Morgan fingerprint density at radius 3 is 3.06 bits per heavy atom. The minimum absolute atomic E-state index is 0.125. The van der Waals surface area contributed by atoms with Gasteiger partial charge in [0.2, 0.25) is 5.91 Å². The number of aromatic nitrogens is 1. The van der Waals surface area contributed by atoms with E-state index >= 15 is 0 Å². The number of rotatable bonds is 3. The second-order valence-electron chi connectivity index (χ2n) is 4.47. The molecule has 0 radical (unpaired) electrons. The molecule has 4 nitrogen and oxygen atoms in total. The molecular formula is C12H19N3O. The van der Waals surface area contributed by atoms with Gasteiger partial charge in [-0.15, -0.1) is 0 Å². The fourth-order valence-corrected chi connectivity index (χ4v) is 2.21. The average Bonchev–Trinajstić information content (AvgIpc) is 2.84. The molecule has 0 aromatic carbocycles. The number of aryl methyl sites for hydroxylation is 1. The lowest BCUT2D eigenvalue weighted by Gasteiger charge is -2.15. The minimum Gasteiger partial charge on any atom is -0.353 e. The number of carbonyl (C=O) groups excluding carboxylic acids is 1. The lowest BCUT2D eigenvalue weighted by atomic mass is 10.0. The van der Waals surface area contributed by atoms with E-state index in [1.54, 1.807) is 0 Å². The van der Waals surface area contributed by atoms with Crippen molar-refractivity contribution in [1.82, 2.24) is 15.2 Å². The molecule has 2 N–H and O–H groups in total. The highest BCUT2D eigenvalue weighted by Crippen LogP contribution is 2.15. The number of nitrogens with one attached hydrogen (secondary N) is 2. The summed E-state index contributed by atoms with van der Waals surface area (Å²) >= 11 is 0. The molecule has 2 rings (SSSR count). The summed E-state index contributed by atoms with van der Waals surface area (Å²) in [5.41, 5.74) is 1.13. The van der Waals surface area contributed by atoms with E-state index in [0.717, 1.165) is 18.7 Å². The van der Waals surface area contributed by atoms with Crippen LogP contribution in [0.4, 0.5) is 0 Å². The van der Waals surface area contributed by atoms with Gasteiger partial charge in [0.15, 0.2) is 0 Å². The van der Waals surface area contributed by atoms with Gasteiger partial charge < -0.3 is 15.2 Å². The van der Waals surface area contributed by atoms with Crippen LogP contribution in [0.2, 0.25) is 0 Å². The summed E-state index contributed by atoms with van der Waals surface area (Å²) in [7, 11) is 1.99. The van der Waals surface area contributed by atoms with Gasteiger partial charge in [0.05, 0.1) is 12.5 Å². The number of hydrogen-bond acceptors (Lipinski definition) is 2. The lowest BCUT2D eigenvalue weighted by Crippen LogP contribution is -2.36. The Morgan fingerprint density at radius 1 is 1.69 bits per heavy atom. The van der Waals surface area contributed by atoms with Crippen LogP contribution < -0.4 is 10.6 Å². The van der Waals surface area contributed by atoms with Crippen molar-refractivity contribution in [2.24, 2.45) is 13.0 Å². The van der Waals surface area contributed by atoms with Crippen molar-refractivity contribution in [1.29, 1.82) is 0 Å². The van der Waals surface area contributed by atoms with E-state index in [4.69, 9.17) is 0 Å². The van der Waals surface area contributed by atoms with Gasteiger partial charge in [-0.25, -0.2) is 0 Å². The molecule has 88 valence electrons. The van der Waals surface area contributed by atoms with Gasteiger partial charge in [-0.05, 0) is 32.0 Å². The third kappa shape index (κ3) is 2.27. The van der Waals surface area contributed by atoms with Crippen molar-refractivity contribution in [2.45, 2.75) is 25.9 Å². The van der Waals surface area contributed by atoms with Crippen LogP contribution in [0.5, 0.6) is 0 Å². The van der Waals surface area contributed by atoms with Gasteiger partial charge in [-0.3, -0.25) is 4.79 Å². The Bertz CT molecular complexity index is 372. The van der Waals surface area contributed by atoms with Crippen LogP contribution in [0, 0.1) is 5.92 Å². The molecule has 0 aliphatic carbocycles. The average molecular weight is 221 g/mol. The normalized spacial score (nSPS) is 24.6. The summed E-state index contributed by atoms with van der Waals surface area (Å²) < 4.78 is 2.02. The SMILES string of the molecule is CC1NCCC1C(=O)NCc1cccn1C. The van der Waals surface area contributed by atoms with Crippen molar-refractivity contribution >= 4 is 5.91 Å². The predicted molar refractivity (Wildman–Crippen MR) is 62.8 cm³/mol. The maximum atomic E-state index is 11.9. The molecular weight excluding hydrogens is 202 g/mol. The van der Waals surface area contributed by atoms with E-state index in [9.17, 15) is 4.79 Å². The molecule has 1 saturated heterocycles. The lowest BCUT2D eigenvalue weighted by molar-refractivity contribution is -0.125. The number of amides is 1. The van der Waals surface area contributed by atoms with Crippen LogP contribution in [-0.4, -0.2) is 23.1 Å². The third-order valence-electron chi connectivity index (χ3n) is 3.36. The van der Waals surface area contributed by atoms with E-state index in [0.29, 0.717) is 12.6 Å². The van der Waals surface area contributed by atoms with Gasteiger partial charge in [0, 0.05) is 25.0 Å². The maximum absolute atomic E-state index is 11.9. The summed E-state index contributed by atoms with van der Waals surface area (Å²) in [5.74, 6) is 0.291. The summed E-state index contributed by atoms with van der Waals surface area (Å²) in [6, 6.07) is 4.31. The molecule has 16 heavy (non-hydrogen) atoms. The van der Waals surface area contributed by atoms with Crippen molar-refractivity contribution < 1.29 is 4.79 Å². The first-order chi connectivity index (χ1) is 7.68. The van der Waals surface area contributed by atoms with Crippen LogP contribution in [0.3, 0.4) is 0 Å². The summed E-state index contributed by atoms with van der Waals surface area (Å²) in [6.07, 6.45) is 2.93. The van der Waals surface area contributed by atoms with Crippen LogP contribution >= 0.6 is 0 Å². The predicted octanol–water partition coefficient (Wildman–Crippen LogP) is 0.639. The molecule has 2 unspecified atom stereocenters. The van der Waals surface area contributed by atoms with Crippen molar-refractivity contribution in [3.63, 3.8) is 0 Å². The van der Waals surface area contributed by atoms with E-state index < -0.39 is 0 Å². The molecule has 1 amide bonds. The molecule has 1 fully saturated rings. The van der Waals surface area contributed by atoms with Crippen LogP contribution in [0.25, 0.3) is 0 Å². The standard InChI is InChI=1S/C12H19N3O/c1-9-11(5-6-13-9)12(16)14-8-10-4-3-7-15(10)2/h3-4,7,9,11,13H,5-6,8H2,1-2H3,(H,14,16). The van der Waals surface area contributed by atoms with E-state index in [1.807, 2.05) is 29.9 Å². The topological polar surface area (TPSA) is 46.1 Å². The van der Waals surface area contributed by atoms with Gasteiger partial charge in [0.25, 0.3) is 0 Å². The fourth-order valence-electron chi connectivity index (χ4n) is 2.21. The van der Waals surface area contributed by atoms with Gasteiger partial charge in [-0.1, -0.05) is 0 Å². The molecule has 1 aliphatic heterocycles. The molecule has 2 atom stereocenters. The molecule has 4 heteroatoms. The molecule has 1 aromatic heterocycles. The summed E-state index contributed by atoms with van der Waals surface area (Å²) in [6.45, 7) is 3.63. The molecule has 0 saturated carbocycles. The van der Waals surface area contributed by atoms with Gasteiger partial charge in [0.1, 0.15) is 0 Å². The number of nitrogens with zero attached hydrogens (tertiary/aromatic N) is 1. The summed E-state index contributed by atoms with van der Waals surface area (Å²) in [5, 5.41) is 6.29. The fraction of sp³-hybridized carbons (Fsp3) is 0.583. The Kier molecular flexibility index (Phi) is 3.29. The second-order valence-corrected chi connectivity index (χ2v) is 4.47. The van der Waals surface area contributed by atoms with Crippen LogP contribution in [-0.2, 0) is 18.4 Å². The second kappa shape index (κ2) is 4.70. The number of hydrogen-bond donors (Lipinski definition) is 2. The van der Waals surface area contributed by atoms with E-state index in [2.05, 4.69) is 17.6 Å². The van der Waals surface area contributed by atoms with E-state index in [-0.39, 0.29) is 11.8 Å². The first-order valence-corrected chi connectivity index (χ1v) is 5.80. The molecule has 2 heterocycles. The smallest absolute Gasteiger partial charge is 0.225 e. The van der Waals surface area contributed by atoms with Crippen LogP contribution in [0.1, 0.15) is 19.0 Å². The minimum atomic E-state index is 0.125. The quantitative estimate of drug-likeness (QED) is 0.787. The highest BCUT2D eigenvalue weighted by Gasteiger charge is 2.28. The molecule has 1 aromatic rings. The Hall–Kier alpha value is -1.29. The Morgan fingerprint density at radius 2 is 2.50 bits per heavy atom. The van der Waals surface area contributed by atoms with Crippen LogP contribution in [0.15, 0.2) is 18.3 Å². The Balaban J connectivity index is 1.86. The number of carbonyl (C=O) groups is 1. The van der Waals surface area contributed by atoms with Gasteiger partial charge in [-0.2, -0.15) is 0 Å². The maximum Gasteiger partial charge on any atom is 0.225 e. The zero-order valence-electron chi connectivity index (χ0n) is 9.86. The molecule has 0 bridgehead atoms. The van der Waals surface area contributed by atoms with E-state index in [1.165, 1.54) is 0 Å². The highest BCUT2D eigenvalue weighted by atomic mass is 16.1. The first kappa shape index (κ1) is 11.2. The first-order valence-electron chi connectivity index (χ1n) is 5.80. The van der Waals surface area contributed by atoms with Gasteiger partial charge >= 0.3 is 0 Å². The van der Waals surface area contributed by atoms with Crippen molar-refractivity contribution in [3.8, 4) is 0 Å². The zero-order valence-corrected chi connectivity index (χ0v) is 9.86. The largest absolute Gasteiger partial charge is 0.353 e. The zero-order chi connectivity index (χ0) is 11.5. The highest BCUT2D eigenvalue weighted by molar-refractivity contribution is 5.79. The Labute approximate surface area is 96.0 Å². The van der Waals surface area contributed by atoms with Crippen molar-refractivity contribution in [2.75, 3.05) is 6.54 Å². The van der Waals surface area contributed by atoms with Crippen molar-refractivity contribution in [3.05, 3.63) is 24.0 Å².